The molecule has 0 N–H and O–H groups in total. The highest BCUT2D eigenvalue weighted by atomic mass is 79.9. The summed E-state index contributed by atoms with van der Waals surface area (Å²) < 4.78 is 19.8. The molecule has 0 aliphatic rings. The van der Waals surface area contributed by atoms with Gasteiger partial charge in [0, 0.05) is 14.8 Å². The molecule has 0 spiro atoms. The highest BCUT2D eigenvalue weighted by Gasteiger charge is 2.21. The maximum Gasteiger partial charge on any atom is 0.136 e. The molecular weight excluding hydrogens is 348 g/mol. The third kappa shape index (κ3) is 2.36. The van der Waals surface area contributed by atoms with Crippen LogP contribution in [0.2, 0.25) is 0 Å². The molecule has 0 aliphatic heterocycles. The van der Waals surface area contributed by atoms with E-state index in [9.17, 15) is 4.21 Å². The molecule has 2 nitrogen and oxygen atoms in total. The molecule has 0 fully saturated rings. The molecule has 3 aromatic rings. The summed E-state index contributed by atoms with van der Waals surface area (Å²) in [6, 6.07) is 11.5. The topological polar surface area (TPSA) is 30.2 Å². The lowest BCUT2D eigenvalue weighted by atomic mass is 10.1. The van der Waals surface area contributed by atoms with E-state index in [1.807, 2.05) is 57.2 Å². The van der Waals surface area contributed by atoms with Gasteiger partial charge in [-0.2, -0.15) is 0 Å². The molecular formula is C17H15BrO2S. The van der Waals surface area contributed by atoms with E-state index in [2.05, 4.69) is 15.9 Å². The van der Waals surface area contributed by atoms with Gasteiger partial charge in [-0.25, -0.2) is 4.21 Å². The van der Waals surface area contributed by atoms with Crippen LogP contribution in [0, 0.1) is 20.8 Å². The van der Waals surface area contributed by atoms with Gasteiger partial charge in [-0.05, 0) is 50.1 Å². The normalized spacial score (nSPS) is 12.8. The molecule has 0 saturated carbocycles. The molecule has 108 valence electrons. The second kappa shape index (κ2) is 5.43. The summed E-state index contributed by atoms with van der Waals surface area (Å²) in [6.07, 6.45) is 0. The highest BCUT2D eigenvalue weighted by Crippen LogP contribution is 2.37. The number of furan rings is 1. The van der Waals surface area contributed by atoms with Gasteiger partial charge in [0.25, 0.3) is 0 Å². The molecule has 0 radical (unpaired) electrons. The van der Waals surface area contributed by atoms with Crippen molar-refractivity contribution in [3.8, 4) is 0 Å². The van der Waals surface area contributed by atoms with E-state index in [-0.39, 0.29) is 0 Å². The molecule has 1 atom stereocenters. The summed E-state index contributed by atoms with van der Waals surface area (Å²) in [5.74, 6) is 0.716. The average molecular weight is 363 g/mol. The van der Waals surface area contributed by atoms with Gasteiger partial charge < -0.3 is 4.42 Å². The Morgan fingerprint density at radius 3 is 2.43 bits per heavy atom. The number of aryl methyl sites for hydroxylation is 3. The van der Waals surface area contributed by atoms with Gasteiger partial charge in [0.1, 0.15) is 11.3 Å². The minimum absolute atomic E-state index is 0.716. The van der Waals surface area contributed by atoms with E-state index < -0.39 is 10.8 Å². The number of halogens is 1. The van der Waals surface area contributed by atoms with E-state index in [1.54, 1.807) is 0 Å². The zero-order chi connectivity index (χ0) is 15.1. The Balaban J connectivity index is 2.31. The largest absolute Gasteiger partial charge is 0.460 e. The Hall–Kier alpha value is -1.39. The van der Waals surface area contributed by atoms with Crippen molar-refractivity contribution in [1.82, 2.24) is 0 Å². The molecule has 4 heteroatoms. The Morgan fingerprint density at radius 1 is 1.10 bits per heavy atom. The first-order valence-electron chi connectivity index (χ1n) is 6.66. The van der Waals surface area contributed by atoms with Crippen molar-refractivity contribution in [1.29, 1.82) is 0 Å². The number of fused-ring (bicyclic) bond motifs is 1. The molecule has 1 heterocycles. The van der Waals surface area contributed by atoms with Crippen molar-refractivity contribution in [3.05, 3.63) is 57.8 Å². The van der Waals surface area contributed by atoms with E-state index in [0.717, 1.165) is 36.4 Å². The highest BCUT2D eigenvalue weighted by molar-refractivity contribution is 9.10. The summed E-state index contributed by atoms with van der Waals surface area (Å²) >= 11 is 3.61. The summed E-state index contributed by atoms with van der Waals surface area (Å²) in [5.41, 5.74) is 2.98. The molecule has 1 aromatic heterocycles. The number of benzene rings is 2. The molecule has 0 bridgehead atoms. The van der Waals surface area contributed by atoms with Crippen molar-refractivity contribution >= 4 is 37.7 Å². The van der Waals surface area contributed by atoms with Gasteiger partial charge in [-0.15, -0.1) is 0 Å². The van der Waals surface area contributed by atoms with Crippen molar-refractivity contribution < 1.29 is 8.63 Å². The van der Waals surface area contributed by atoms with Crippen molar-refractivity contribution in [2.75, 3.05) is 0 Å². The third-order valence-corrected chi connectivity index (χ3v) is 6.38. The zero-order valence-electron chi connectivity index (χ0n) is 12.1. The summed E-state index contributed by atoms with van der Waals surface area (Å²) in [4.78, 5) is 1.56. The fourth-order valence-corrected chi connectivity index (χ4v) is 4.25. The standard InChI is InChI=1S/C17H15BrO2S/c1-10-9-14-15(11(2)16(10)18)17(12(3)20-14)21(19)13-7-5-4-6-8-13/h4-9H,1-3H3/t21-/m0/s1. The van der Waals surface area contributed by atoms with E-state index >= 15 is 0 Å². The first kappa shape index (κ1) is 14.5. The summed E-state index contributed by atoms with van der Waals surface area (Å²) in [5, 5.41) is 0.951. The van der Waals surface area contributed by atoms with Crippen molar-refractivity contribution in [3.63, 3.8) is 0 Å². The van der Waals surface area contributed by atoms with E-state index in [0.29, 0.717) is 5.76 Å². The minimum Gasteiger partial charge on any atom is -0.460 e. The van der Waals surface area contributed by atoms with E-state index in [4.69, 9.17) is 4.42 Å². The maximum atomic E-state index is 12.9. The van der Waals surface area contributed by atoms with Crippen LogP contribution < -0.4 is 0 Å². The lowest BCUT2D eigenvalue weighted by Gasteiger charge is -2.06. The van der Waals surface area contributed by atoms with Crippen molar-refractivity contribution in [2.45, 2.75) is 30.6 Å². The van der Waals surface area contributed by atoms with Gasteiger partial charge in [0.2, 0.25) is 0 Å². The second-order valence-corrected chi connectivity index (χ2v) is 7.28. The van der Waals surface area contributed by atoms with Crippen LogP contribution in [0.5, 0.6) is 0 Å². The Labute approximate surface area is 134 Å². The lowest BCUT2D eigenvalue weighted by molar-refractivity contribution is 0.566. The smallest absolute Gasteiger partial charge is 0.136 e. The monoisotopic (exact) mass is 362 g/mol. The Bertz CT molecular complexity index is 850. The SMILES string of the molecule is Cc1cc2oc(C)c([S@@](=O)c3ccccc3)c2c(C)c1Br. The fourth-order valence-electron chi connectivity index (χ4n) is 2.56. The van der Waals surface area contributed by atoms with Crippen LogP contribution in [0.4, 0.5) is 0 Å². The number of rotatable bonds is 2. The van der Waals surface area contributed by atoms with Crippen molar-refractivity contribution in [2.24, 2.45) is 0 Å². The summed E-state index contributed by atoms with van der Waals surface area (Å²) in [7, 11) is -1.24. The quantitative estimate of drug-likeness (QED) is 0.620. The van der Waals surface area contributed by atoms with Gasteiger partial charge >= 0.3 is 0 Å². The number of hydrogen-bond acceptors (Lipinski definition) is 2. The Morgan fingerprint density at radius 2 is 1.76 bits per heavy atom. The molecule has 21 heavy (non-hydrogen) atoms. The van der Waals surface area contributed by atoms with Gasteiger partial charge in [0.05, 0.1) is 15.7 Å². The molecule has 0 unspecified atom stereocenters. The molecule has 2 aromatic carbocycles. The molecule has 3 rings (SSSR count). The first-order valence-corrected chi connectivity index (χ1v) is 8.60. The summed E-state index contributed by atoms with van der Waals surface area (Å²) in [6.45, 7) is 5.93. The van der Waals surface area contributed by atoms with Crippen LogP contribution in [0.1, 0.15) is 16.9 Å². The molecule has 0 amide bonds. The van der Waals surface area contributed by atoms with Gasteiger partial charge in [-0.1, -0.05) is 34.1 Å². The fraction of sp³-hybridized carbons (Fsp3) is 0.176. The predicted molar refractivity (Wildman–Crippen MR) is 89.2 cm³/mol. The second-order valence-electron chi connectivity index (χ2n) is 5.07. The number of hydrogen-bond donors (Lipinski definition) is 0. The molecule has 0 saturated heterocycles. The van der Waals surface area contributed by atoms with Gasteiger partial charge in [-0.3, -0.25) is 0 Å². The predicted octanol–water partition coefficient (Wildman–Crippen LogP) is 5.29. The van der Waals surface area contributed by atoms with E-state index in [1.165, 1.54) is 0 Å². The first-order chi connectivity index (χ1) is 10.0. The maximum absolute atomic E-state index is 12.9. The zero-order valence-corrected chi connectivity index (χ0v) is 14.5. The van der Waals surface area contributed by atoms with Crippen LogP contribution in [0.15, 0.2) is 55.1 Å². The minimum atomic E-state index is -1.24. The Kier molecular flexibility index (Phi) is 3.76. The van der Waals surface area contributed by atoms with Gasteiger partial charge in [0.15, 0.2) is 0 Å². The van der Waals surface area contributed by atoms with Crippen LogP contribution >= 0.6 is 15.9 Å². The van der Waals surface area contributed by atoms with Crippen LogP contribution in [-0.4, -0.2) is 4.21 Å². The lowest BCUT2D eigenvalue weighted by Crippen LogP contribution is -1.95. The average Bonchev–Trinajstić information content (AvgIpc) is 2.81. The van der Waals surface area contributed by atoms with Crippen LogP contribution in [0.3, 0.4) is 0 Å². The third-order valence-electron chi connectivity index (χ3n) is 3.60. The van der Waals surface area contributed by atoms with Crippen LogP contribution in [0.25, 0.3) is 11.0 Å². The molecule has 0 aliphatic carbocycles. The van der Waals surface area contributed by atoms with Crippen LogP contribution in [-0.2, 0) is 10.8 Å².